The maximum absolute atomic E-state index is 13.0. The van der Waals surface area contributed by atoms with Crippen LogP contribution in [0.25, 0.3) is 10.9 Å². The molecule has 0 saturated heterocycles. The second-order valence-corrected chi connectivity index (χ2v) is 6.64. The third kappa shape index (κ3) is 3.58. The van der Waals surface area contributed by atoms with Crippen LogP contribution < -0.4 is 14.8 Å². The molecule has 0 aliphatic heterocycles. The van der Waals surface area contributed by atoms with E-state index in [0.29, 0.717) is 35.3 Å². The number of hydrogen-bond donors (Lipinski definition) is 1. The summed E-state index contributed by atoms with van der Waals surface area (Å²) in [4.78, 5) is 17.8. The first-order chi connectivity index (χ1) is 13.2. The Labute approximate surface area is 158 Å². The SMILES string of the molecule is CCOc1ccc(NC(=O)c2cc(C3CC3)nc3ccccc23)cc1OC. The molecule has 4 rings (SSSR count). The molecule has 5 nitrogen and oxygen atoms in total. The molecule has 1 aromatic heterocycles. The third-order valence-corrected chi connectivity index (χ3v) is 4.70. The zero-order valence-electron chi connectivity index (χ0n) is 15.5. The van der Waals surface area contributed by atoms with E-state index >= 15 is 0 Å². The highest BCUT2D eigenvalue weighted by Crippen LogP contribution is 2.40. The van der Waals surface area contributed by atoms with Gasteiger partial charge in [0.25, 0.3) is 5.91 Å². The van der Waals surface area contributed by atoms with E-state index < -0.39 is 0 Å². The quantitative estimate of drug-likeness (QED) is 0.686. The van der Waals surface area contributed by atoms with Gasteiger partial charge >= 0.3 is 0 Å². The first-order valence-corrected chi connectivity index (χ1v) is 9.21. The molecule has 1 aliphatic carbocycles. The van der Waals surface area contributed by atoms with E-state index in [1.807, 2.05) is 43.3 Å². The molecule has 0 atom stereocenters. The van der Waals surface area contributed by atoms with Crippen LogP contribution in [0.2, 0.25) is 0 Å². The molecule has 0 unspecified atom stereocenters. The Bertz CT molecular complexity index is 996. The Morgan fingerprint density at radius 2 is 1.96 bits per heavy atom. The second-order valence-electron chi connectivity index (χ2n) is 6.64. The van der Waals surface area contributed by atoms with Crippen LogP contribution >= 0.6 is 0 Å². The summed E-state index contributed by atoms with van der Waals surface area (Å²) in [6.45, 7) is 2.47. The largest absolute Gasteiger partial charge is 0.493 e. The minimum absolute atomic E-state index is 0.151. The number of carbonyl (C=O) groups is 1. The molecule has 27 heavy (non-hydrogen) atoms. The van der Waals surface area contributed by atoms with Crippen LogP contribution in [-0.4, -0.2) is 24.6 Å². The van der Waals surface area contributed by atoms with Crippen molar-refractivity contribution >= 4 is 22.5 Å². The number of ether oxygens (including phenoxy) is 2. The molecule has 1 fully saturated rings. The van der Waals surface area contributed by atoms with E-state index in [4.69, 9.17) is 14.5 Å². The third-order valence-electron chi connectivity index (χ3n) is 4.70. The van der Waals surface area contributed by atoms with E-state index in [1.165, 1.54) is 0 Å². The molecule has 1 amide bonds. The zero-order valence-corrected chi connectivity index (χ0v) is 15.5. The number of fused-ring (bicyclic) bond motifs is 1. The van der Waals surface area contributed by atoms with Gasteiger partial charge in [0, 0.05) is 28.8 Å². The number of benzene rings is 2. The summed E-state index contributed by atoms with van der Waals surface area (Å²) >= 11 is 0. The molecule has 1 heterocycles. The van der Waals surface area contributed by atoms with E-state index in [0.717, 1.165) is 29.4 Å². The summed E-state index contributed by atoms with van der Waals surface area (Å²) in [7, 11) is 1.59. The van der Waals surface area contributed by atoms with E-state index in [2.05, 4.69) is 5.32 Å². The average molecular weight is 362 g/mol. The number of anilines is 1. The van der Waals surface area contributed by atoms with Crippen molar-refractivity contribution in [3.05, 3.63) is 59.8 Å². The number of amides is 1. The number of hydrogen-bond acceptors (Lipinski definition) is 4. The van der Waals surface area contributed by atoms with Crippen molar-refractivity contribution in [3.8, 4) is 11.5 Å². The molecular formula is C22H22N2O3. The van der Waals surface area contributed by atoms with Gasteiger partial charge in [0.1, 0.15) is 0 Å². The molecule has 0 spiro atoms. The number of methoxy groups -OCH3 is 1. The number of carbonyl (C=O) groups excluding carboxylic acids is 1. The van der Waals surface area contributed by atoms with Crippen LogP contribution in [0.4, 0.5) is 5.69 Å². The summed E-state index contributed by atoms with van der Waals surface area (Å²) < 4.78 is 10.9. The average Bonchev–Trinajstić information content (AvgIpc) is 3.53. The number of para-hydroxylation sites is 1. The molecular weight excluding hydrogens is 340 g/mol. The highest BCUT2D eigenvalue weighted by molar-refractivity contribution is 6.12. The van der Waals surface area contributed by atoms with Crippen LogP contribution in [0.5, 0.6) is 11.5 Å². The molecule has 5 heteroatoms. The monoisotopic (exact) mass is 362 g/mol. The van der Waals surface area contributed by atoms with Crippen LogP contribution in [0.3, 0.4) is 0 Å². The van der Waals surface area contributed by atoms with Crippen LogP contribution in [-0.2, 0) is 0 Å². The summed E-state index contributed by atoms with van der Waals surface area (Å²) in [5.41, 5.74) is 3.17. The van der Waals surface area contributed by atoms with Gasteiger partial charge in [0.15, 0.2) is 11.5 Å². The minimum atomic E-state index is -0.151. The topological polar surface area (TPSA) is 60.5 Å². The summed E-state index contributed by atoms with van der Waals surface area (Å²) in [6, 6.07) is 15.1. The number of nitrogens with one attached hydrogen (secondary N) is 1. The molecule has 138 valence electrons. The molecule has 1 saturated carbocycles. The maximum Gasteiger partial charge on any atom is 0.256 e. The van der Waals surface area contributed by atoms with E-state index in [9.17, 15) is 4.79 Å². The molecule has 0 radical (unpaired) electrons. The highest BCUT2D eigenvalue weighted by atomic mass is 16.5. The Balaban J connectivity index is 1.67. The van der Waals surface area contributed by atoms with Gasteiger partial charge in [0.05, 0.1) is 24.8 Å². The predicted octanol–water partition coefficient (Wildman–Crippen LogP) is 4.77. The van der Waals surface area contributed by atoms with E-state index in [-0.39, 0.29) is 5.91 Å². The van der Waals surface area contributed by atoms with Gasteiger partial charge in [0.2, 0.25) is 0 Å². The van der Waals surface area contributed by atoms with Gasteiger partial charge in [-0.25, -0.2) is 0 Å². The van der Waals surface area contributed by atoms with Crippen molar-refractivity contribution in [2.24, 2.45) is 0 Å². The number of pyridine rings is 1. The van der Waals surface area contributed by atoms with Crippen molar-refractivity contribution in [1.29, 1.82) is 0 Å². The Morgan fingerprint density at radius 1 is 1.15 bits per heavy atom. The lowest BCUT2D eigenvalue weighted by Gasteiger charge is -2.13. The summed E-state index contributed by atoms with van der Waals surface area (Å²) in [5, 5.41) is 3.84. The number of nitrogens with zero attached hydrogens (tertiary/aromatic N) is 1. The van der Waals surface area contributed by atoms with Gasteiger partial charge < -0.3 is 14.8 Å². The van der Waals surface area contributed by atoms with Crippen molar-refractivity contribution in [2.45, 2.75) is 25.7 Å². The number of aromatic nitrogens is 1. The first kappa shape index (κ1) is 17.3. The van der Waals surface area contributed by atoms with Gasteiger partial charge in [-0.1, -0.05) is 18.2 Å². The first-order valence-electron chi connectivity index (χ1n) is 9.21. The molecule has 2 aromatic carbocycles. The summed E-state index contributed by atoms with van der Waals surface area (Å²) in [6.07, 6.45) is 2.28. The lowest BCUT2D eigenvalue weighted by Crippen LogP contribution is -2.13. The fourth-order valence-corrected chi connectivity index (χ4v) is 3.19. The normalized spacial score (nSPS) is 13.4. The number of rotatable bonds is 6. The molecule has 1 aliphatic rings. The Kier molecular flexibility index (Phi) is 4.67. The smallest absolute Gasteiger partial charge is 0.256 e. The van der Waals surface area contributed by atoms with Crippen LogP contribution in [0, 0.1) is 0 Å². The predicted molar refractivity (Wildman–Crippen MR) is 106 cm³/mol. The lowest BCUT2D eigenvalue weighted by atomic mass is 10.1. The van der Waals surface area contributed by atoms with Gasteiger partial charge in [-0.3, -0.25) is 9.78 Å². The fraction of sp³-hybridized carbons (Fsp3) is 0.273. The maximum atomic E-state index is 13.0. The van der Waals surface area contributed by atoms with Crippen molar-refractivity contribution < 1.29 is 14.3 Å². The summed E-state index contributed by atoms with van der Waals surface area (Å²) in [5.74, 6) is 1.57. The van der Waals surface area contributed by atoms with Gasteiger partial charge in [-0.2, -0.15) is 0 Å². The van der Waals surface area contributed by atoms with Gasteiger partial charge in [-0.15, -0.1) is 0 Å². The fourth-order valence-electron chi connectivity index (χ4n) is 3.19. The highest BCUT2D eigenvalue weighted by Gasteiger charge is 2.27. The Morgan fingerprint density at radius 3 is 2.70 bits per heavy atom. The van der Waals surface area contributed by atoms with Gasteiger partial charge in [-0.05, 0) is 44.0 Å². The van der Waals surface area contributed by atoms with Crippen LogP contribution in [0.15, 0.2) is 48.5 Å². The van der Waals surface area contributed by atoms with E-state index in [1.54, 1.807) is 19.2 Å². The molecule has 3 aromatic rings. The van der Waals surface area contributed by atoms with Crippen molar-refractivity contribution in [3.63, 3.8) is 0 Å². The zero-order chi connectivity index (χ0) is 18.8. The minimum Gasteiger partial charge on any atom is -0.493 e. The molecule has 0 bridgehead atoms. The van der Waals surface area contributed by atoms with Crippen LogP contribution in [0.1, 0.15) is 41.7 Å². The second kappa shape index (κ2) is 7.27. The lowest BCUT2D eigenvalue weighted by molar-refractivity contribution is 0.102. The van der Waals surface area contributed by atoms with Crippen molar-refractivity contribution in [1.82, 2.24) is 4.98 Å². The standard InChI is InChI=1S/C22H22N2O3/c1-3-27-20-11-10-15(12-21(20)26-2)23-22(25)17-13-19(14-8-9-14)24-18-7-5-4-6-16(17)18/h4-7,10-14H,3,8-9H2,1-2H3,(H,23,25). The van der Waals surface area contributed by atoms with Crippen molar-refractivity contribution in [2.75, 3.05) is 19.0 Å². The molecule has 1 N–H and O–H groups in total. The Hall–Kier alpha value is -3.08.